The van der Waals surface area contributed by atoms with E-state index in [1.807, 2.05) is 0 Å². The quantitative estimate of drug-likeness (QED) is 0.844. The van der Waals surface area contributed by atoms with Gasteiger partial charge in [-0.05, 0) is 18.6 Å². The first-order valence-electron chi connectivity index (χ1n) is 4.93. The van der Waals surface area contributed by atoms with Crippen LogP contribution in [0, 0.1) is 12.7 Å². The summed E-state index contributed by atoms with van der Waals surface area (Å²) in [6.07, 6.45) is 0. The third-order valence-electron chi connectivity index (χ3n) is 2.50. The van der Waals surface area contributed by atoms with Crippen LogP contribution in [0.15, 0.2) is 23.0 Å². The van der Waals surface area contributed by atoms with Gasteiger partial charge in [0.15, 0.2) is 5.43 Å². The molecule has 3 nitrogen and oxygen atoms in total. The lowest BCUT2D eigenvalue weighted by atomic mass is 10.1. The number of nitrogens with one attached hydrogen (secondary N) is 1. The maximum Gasteiger partial charge on any atom is 0.190 e. The Morgan fingerprint density at radius 2 is 2.19 bits per heavy atom. The summed E-state index contributed by atoms with van der Waals surface area (Å²) in [4.78, 5) is 14.7. The Kier molecular flexibility index (Phi) is 2.75. The second-order valence-electron chi connectivity index (χ2n) is 3.71. The lowest BCUT2D eigenvalue weighted by Crippen LogP contribution is -2.08. The van der Waals surface area contributed by atoms with Gasteiger partial charge in [0.25, 0.3) is 0 Å². The lowest BCUT2D eigenvalue weighted by Gasteiger charge is -2.06. The molecule has 0 fully saturated rings. The van der Waals surface area contributed by atoms with Crippen molar-refractivity contribution in [3.05, 3.63) is 45.5 Å². The van der Waals surface area contributed by atoms with Crippen molar-refractivity contribution in [3.63, 3.8) is 0 Å². The predicted octanol–water partition coefficient (Wildman–Crippen LogP) is 2.12. The fourth-order valence-corrected chi connectivity index (χ4v) is 1.78. The summed E-state index contributed by atoms with van der Waals surface area (Å²) in [5.41, 5.74) is 1.41. The molecule has 1 N–H and O–H groups in total. The third-order valence-corrected chi connectivity index (χ3v) is 2.50. The molecule has 0 atom stereocenters. The average Bonchev–Trinajstić information content (AvgIpc) is 2.23. The highest BCUT2D eigenvalue weighted by atomic mass is 19.1. The molecule has 0 saturated carbocycles. The largest absolute Gasteiger partial charge is 0.378 e. The van der Waals surface area contributed by atoms with E-state index in [4.69, 9.17) is 4.74 Å². The zero-order valence-electron chi connectivity index (χ0n) is 9.13. The predicted molar refractivity (Wildman–Crippen MR) is 60.0 cm³/mol. The number of rotatable bonds is 2. The highest BCUT2D eigenvalue weighted by Crippen LogP contribution is 2.16. The van der Waals surface area contributed by atoms with Gasteiger partial charge in [0.1, 0.15) is 5.82 Å². The first-order valence-corrected chi connectivity index (χ1v) is 4.93. The summed E-state index contributed by atoms with van der Waals surface area (Å²) >= 11 is 0. The summed E-state index contributed by atoms with van der Waals surface area (Å²) in [6.45, 7) is 2.05. The number of ether oxygens (including phenoxy) is 1. The highest BCUT2D eigenvalue weighted by molar-refractivity contribution is 5.82. The number of methoxy groups -OCH3 is 1. The molecular formula is C12H12FNO2. The Labute approximate surface area is 91.9 Å². The van der Waals surface area contributed by atoms with Crippen LogP contribution in [-0.2, 0) is 11.3 Å². The van der Waals surface area contributed by atoms with Crippen LogP contribution in [0.5, 0.6) is 0 Å². The van der Waals surface area contributed by atoms with Crippen LogP contribution in [0.4, 0.5) is 4.39 Å². The highest BCUT2D eigenvalue weighted by Gasteiger charge is 2.08. The number of aryl methyl sites for hydroxylation is 1. The monoisotopic (exact) mass is 221 g/mol. The Balaban J connectivity index is 2.81. The number of hydrogen-bond donors (Lipinski definition) is 1. The second-order valence-corrected chi connectivity index (χ2v) is 3.71. The maximum atomic E-state index is 13.6. The molecule has 0 amide bonds. The summed E-state index contributed by atoms with van der Waals surface area (Å²) in [5, 5.41) is 0.403. The van der Waals surface area contributed by atoms with Gasteiger partial charge in [-0.25, -0.2) is 4.39 Å². The number of pyridine rings is 1. The molecule has 0 bridgehead atoms. The van der Waals surface area contributed by atoms with Crippen molar-refractivity contribution in [2.75, 3.05) is 7.11 Å². The molecule has 0 spiro atoms. The van der Waals surface area contributed by atoms with E-state index in [9.17, 15) is 9.18 Å². The van der Waals surface area contributed by atoms with E-state index in [0.29, 0.717) is 11.1 Å². The minimum atomic E-state index is -0.421. The summed E-state index contributed by atoms with van der Waals surface area (Å²) < 4.78 is 18.5. The molecule has 0 unspecified atom stereocenters. The molecule has 0 radical (unpaired) electrons. The summed E-state index contributed by atoms with van der Waals surface area (Å²) in [7, 11) is 1.52. The van der Waals surface area contributed by atoms with E-state index in [0.717, 1.165) is 5.56 Å². The fourth-order valence-electron chi connectivity index (χ4n) is 1.78. The van der Waals surface area contributed by atoms with Crippen LogP contribution in [0.1, 0.15) is 11.3 Å². The van der Waals surface area contributed by atoms with Gasteiger partial charge in [0, 0.05) is 18.9 Å². The van der Waals surface area contributed by atoms with E-state index in [1.54, 1.807) is 13.0 Å². The number of aromatic amines is 1. The zero-order chi connectivity index (χ0) is 11.7. The van der Waals surface area contributed by atoms with Gasteiger partial charge in [-0.15, -0.1) is 0 Å². The van der Waals surface area contributed by atoms with Crippen molar-refractivity contribution in [1.82, 2.24) is 4.98 Å². The van der Waals surface area contributed by atoms with Crippen molar-refractivity contribution in [1.29, 1.82) is 0 Å². The van der Waals surface area contributed by atoms with Crippen LogP contribution < -0.4 is 5.43 Å². The molecule has 0 saturated heterocycles. The van der Waals surface area contributed by atoms with Crippen LogP contribution in [0.2, 0.25) is 0 Å². The number of halogens is 1. The van der Waals surface area contributed by atoms with Crippen molar-refractivity contribution < 1.29 is 9.13 Å². The Bertz CT molecular complexity index is 589. The van der Waals surface area contributed by atoms with Crippen molar-refractivity contribution >= 4 is 10.9 Å². The fraction of sp³-hybridized carbons (Fsp3) is 0.250. The van der Waals surface area contributed by atoms with E-state index < -0.39 is 5.82 Å². The molecule has 1 aromatic carbocycles. The van der Waals surface area contributed by atoms with Crippen LogP contribution >= 0.6 is 0 Å². The van der Waals surface area contributed by atoms with Gasteiger partial charge in [-0.1, -0.05) is 6.07 Å². The van der Waals surface area contributed by atoms with E-state index >= 15 is 0 Å². The number of aromatic nitrogens is 1. The van der Waals surface area contributed by atoms with Gasteiger partial charge in [-0.3, -0.25) is 4.79 Å². The SMILES string of the molecule is COCc1cc(=O)c2c(C)ccc(F)c2[nH]1. The maximum absolute atomic E-state index is 13.6. The molecule has 0 aliphatic rings. The van der Waals surface area contributed by atoms with Gasteiger partial charge in [0.2, 0.25) is 0 Å². The molecular weight excluding hydrogens is 209 g/mol. The summed E-state index contributed by atoms with van der Waals surface area (Å²) in [5.74, 6) is -0.421. The lowest BCUT2D eigenvalue weighted by molar-refractivity contribution is 0.181. The van der Waals surface area contributed by atoms with E-state index in [2.05, 4.69) is 4.98 Å². The average molecular weight is 221 g/mol. The van der Waals surface area contributed by atoms with Crippen LogP contribution in [0.3, 0.4) is 0 Å². The standard InChI is InChI=1S/C12H12FNO2/c1-7-3-4-9(13)12-11(7)10(15)5-8(14-12)6-16-2/h3-5H,6H2,1-2H3,(H,14,15). The zero-order valence-corrected chi connectivity index (χ0v) is 9.13. The van der Waals surface area contributed by atoms with Gasteiger partial charge in [0.05, 0.1) is 17.5 Å². The first-order chi connectivity index (χ1) is 7.63. The molecule has 1 heterocycles. The molecule has 2 aromatic rings. The third kappa shape index (κ3) is 1.72. The second kappa shape index (κ2) is 4.06. The molecule has 4 heteroatoms. The smallest absolute Gasteiger partial charge is 0.190 e. The Hall–Kier alpha value is -1.68. The molecule has 16 heavy (non-hydrogen) atoms. The molecule has 0 aliphatic carbocycles. The number of fused-ring (bicyclic) bond motifs is 1. The summed E-state index contributed by atoms with van der Waals surface area (Å²) in [6, 6.07) is 4.39. The van der Waals surface area contributed by atoms with Crippen LogP contribution in [-0.4, -0.2) is 12.1 Å². The number of benzene rings is 1. The Morgan fingerprint density at radius 1 is 1.44 bits per heavy atom. The number of hydrogen-bond acceptors (Lipinski definition) is 2. The minimum Gasteiger partial charge on any atom is -0.378 e. The van der Waals surface area contributed by atoms with Crippen LogP contribution in [0.25, 0.3) is 10.9 Å². The first kappa shape index (κ1) is 10.8. The van der Waals surface area contributed by atoms with Crippen molar-refractivity contribution in [2.45, 2.75) is 13.5 Å². The minimum absolute atomic E-state index is 0.183. The molecule has 84 valence electrons. The van der Waals surface area contributed by atoms with Gasteiger partial charge < -0.3 is 9.72 Å². The van der Waals surface area contributed by atoms with Crippen molar-refractivity contribution in [2.24, 2.45) is 0 Å². The molecule has 1 aromatic heterocycles. The van der Waals surface area contributed by atoms with E-state index in [1.165, 1.54) is 19.2 Å². The normalized spacial score (nSPS) is 10.9. The topological polar surface area (TPSA) is 42.1 Å². The van der Waals surface area contributed by atoms with Crippen molar-refractivity contribution in [3.8, 4) is 0 Å². The number of H-pyrrole nitrogens is 1. The Morgan fingerprint density at radius 3 is 2.88 bits per heavy atom. The molecule has 2 rings (SSSR count). The van der Waals surface area contributed by atoms with E-state index in [-0.39, 0.29) is 17.6 Å². The van der Waals surface area contributed by atoms with Gasteiger partial charge >= 0.3 is 0 Å². The van der Waals surface area contributed by atoms with Gasteiger partial charge in [-0.2, -0.15) is 0 Å². The molecule has 0 aliphatic heterocycles.